The average Bonchev–Trinajstić information content (AvgIpc) is 2.31. The van der Waals surface area contributed by atoms with Crippen molar-refractivity contribution in [3.05, 3.63) is 35.6 Å². The number of carbonyl (C=O) groups is 1. The molecule has 1 N–H and O–H groups in total. The van der Waals surface area contributed by atoms with Gasteiger partial charge in [-0.2, -0.15) is 5.26 Å². The summed E-state index contributed by atoms with van der Waals surface area (Å²) in [4.78, 5) is 12.0. The topological polar surface area (TPSA) is 52.9 Å². The lowest BCUT2D eigenvalue weighted by Crippen LogP contribution is -2.48. The first kappa shape index (κ1) is 13.5. The minimum Gasteiger partial charge on any atom is -0.352 e. The molecule has 1 fully saturated rings. The predicted octanol–water partition coefficient (Wildman–Crippen LogP) is 2.57. The third-order valence-corrected chi connectivity index (χ3v) is 3.69. The second-order valence-electron chi connectivity index (χ2n) is 5.25. The van der Waals surface area contributed by atoms with Gasteiger partial charge in [-0.1, -0.05) is 12.1 Å². The molecule has 1 amide bonds. The number of nitriles is 1. The summed E-state index contributed by atoms with van der Waals surface area (Å²) in [5.41, 5.74) is 0.158. The van der Waals surface area contributed by atoms with Crippen molar-refractivity contribution in [2.75, 3.05) is 0 Å². The Morgan fingerprint density at radius 3 is 2.58 bits per heavy atom. The Morgan fingerprint density at radius 1 is 1.47 bits per heavy atom. The minimum atomic E-state index is -0.808. The lowest BCUT2D eigenvalue weighted by atomic mass is 9.69. The molecule has 1 aromatic carbocycles. The lowest BCUT2D eigenvalue weighted by Gasteiger charge is -2.34. The molecule has 0 bridgehead atoms. The molecule has 1 aliphatic rings. The Hall–Kier alpha value is -1.89. The van der Waals surface area contributed by atoms with Gasteiger partial charge >= 0.3 is 0 Å². The quantitative estimate of drug-likeness (QED) is 0.904. The maximum Gasteiger partial charge on any atom is 0.240 e. The summed E-state index contributed by atoms with van der Waals surface area (Å²) in [5, 5.41) is 12.0. The van der Waals surface area contributed by atoms with Crippen molar-refractivity contribution < 1.29 is 9.18 Å². The van der Waals surface area contributed by atoms with Gasteiger partial charge in [0.05, 0.1) is 6.07 Å². The van der Waals surface area contributed by atoms with E-state index in [4.69, 9.17) is 5.26 Å². The first-order valence-corrected chi connectivity index (χ1v) is 6.52. The van der Waals surface area contributed by atoms with Crippen molar-refractivity contribution in [2.45, 2.75) is 38.6 Å². The highest BCUT2D eigenvalue weighted by Gasteiger charge is 2.44. The van der Waals surface area contributed by atoms with Crippen molar-refractivity contribution in [2.24, 2.45) is 5.41 Å². The summed E-state index contributed by atoms with van der Waals surface area (Å²) in [5.74, 6) is -0.436. The van der Waals surface area contributed by atoms with Crippen LogP contribution in [0.5, 0.6) is 0 Å². The molecule has 0 aliphatic heterocycles. The van der Waals surface area contributed by atoms with Gasteiger partial charge in [-0.25, -0.2) is 4.39 Å². The fraction of sp³-hybridized carbons (Fsp3) is 0.467. The van der Waals surface area contributed by atoms with E-state index in [1.165, 1.54) is 12.1 Å². The molecule has 1 atom stereocenters. The SMILES string of the molecule is CC(Cc1ccc(F)cc1)NC(=O)C1(C#N)CCC1. The maximum absolute atomic E-state index is 12.8. The molecule has 1 aliphatic carbocycles. The van der Waals surface area contributed by atoms with Gasteiger partial charge in [-0.3, -0.25) is 4.79 Å². The Kier molecular flexibility index (Phi) is 3.84. The fourth-order valence-electron chi connectivity index (χ4n) is 2.31. The summed E-state index contributed by atoms with van der Waals surface area (Å²) in [6, 6.07) is 8.30. The molecule has 1 aromatic rings. The molecule has 19 heavy (non-hydrogen) atoms. The van der Waals surface area contributed by atoms with Gasteiger partial charge in [0.1, 0.15) is 11.2 Å². The van der Waals surface area contributed by atoms with Gasteiger partial charge in [-0.15, -0.1) is 0 Å². The molecule has 1 unspecified atom stereocenters. The Bertz CT molecular complexity index is 500. The van der Waals surface area contributed by atoms with Gasteiger partial charge in [0.2, 0.25) is 5.91 Å². The zero-order valence-electron chi connectivity index (χ0n) is 10.9. The predicted molar refractivity (Wildman–Crippen MR) is 69.6 cm³/mol. The number of nitrogens with one attached hydrogen (secondary N) is 1. The first-order valence-electron chi connectivity index (χ1n) is 6.52. The first-order chi connectivity index (χ1) is 9.05. The molecule has 2 rings (SSSR count). The van der Waals surface area contributed by atoms with Crippen molar-refractivity contribution in [3.8, 4) is 6.07 Å². The number of benzene rings is 1. The largest absolute Gasteiger partial charge is 0.352 e. The number of carbonyl (C=O) groups excluding carboxylic acids is 1. The van der Waals surface area contributed by atoms with Crippen LogP contribution in [0, 0.1) is 22.6 Å². The summed E-state index contributed by atoms with van der Waals surface area (Å²) >= 11 is 0. The van der Waals surface area contributed by atoms with Crippen molar-refractivity contribution in [1.29, 1.82) is 5.26 Å². The van der Waals surface area contributed by atoms with E-state index in [0.29, 0.717) is 19.3 Å². The van der Waals surface area contributed by atoms with Crippen molar-refractivity contribution >= 4 is 5.91 Å². The molecule has 3 nitrogen and oxygen atoms in total. The summed E-state index contributed by atoms with van der Waals surface area (Å²) < 4.78 is 12.8. The summed E-state index contributed by atoms with van der Waals surface area (Å²) in [7, 11) is 0. The van der Waals surface area contributed by atoms with E-state index in [1.807, 2.05) is 6.92 Å². The van der Waals surface area contributed by atoms with E-state index in [-0.39, 0.29) is 17.8 Å². The maximum atomic E-state index is 12.8. The highest BCUT2D eigenvalue weighted by molar-refractivity contribution is 5.86. The van der Waals surface area contributed by atoms with E-state index >= 15 is 0 Å². The zero-order valence-corrected chi connectivity index (χ0v) is 10.9. The third-order valence-electron chi connectivity index (χ3n) is 3.69. The van der Waals surface area contributed by atoms with Gasteiger partial charge < -0.3 is 5.32 Å². The lowest BCUT2D eigenvalue weighted by molar-refractivity contribution is -0.132. The van der Waals surface area contributed by atoms with E-state index < -0.39 is 5.41 Å². The zero-order chi connectivity index (χ0) is 13.9. The van der Waals surface area contributed by atoms with Crippen LogP contribution in [0.25, 0.3) is 0 Å². The smallest absolute Gasteiger partial charge is 0.240 e. The van der Waals surface area contributed by atoms with E-state index in [1.54, 1.807) is 12.1 Å². The van der Waals surface area contributed by atoms with E-state index in [9.17, 15) is 9.18 Å². The van der Waals surface area contributed by atoms with Crippen LogP contribution in [0.4, 0.5) is 4.39 Å². The van der Waals surface area contributed by atoms with Crippen LogP contribution in [-0.4, -0.2) is 11.9 Å². The van der Waals surface area contributed by atoms with Crippen molar-refractivity contribution in [3.63, 3.8) is 0 Å². The monoisotopic (exact) mass is 260 g/mol. The van der Waals surface area contributed by atoms with E-state index in [0.717, 1.165) is 12.0 Å². The van der Waals surface area contributed by atoms with Crippen LogP contribution < -0.4 is 5.32 Å². The van der Waals surface area contributed by atoms with Gasteiger partial charge in [-0.05, 0) is 50.3 Å². The van der Waals surface area contributed by atoms with Gasteiger partial charge in [0.25, 0.3) is 0 Å². The molecule has 0 aromatic heterocycles. The molecular formula is C15H17FN2O. The number of nitrogens with zero attached hydrogens (tertiary/aromatic N) is 1. The van der Waals surface area contributed by atoms with Crippen LogP contribution >= 0.6 is 0 Å². The minimum absolute atomic E-state index is 0.0659. The Balaban J connectivity index is 1.91. The molecule has 100 valence electrons. The fourth-order valence-corrected chi connectivity index (χ4v) is 2.31. The third kappa shape index (κ3) is 2.93. The molecule has 1 saturated carbocycles. The molecule has 4 heteroatoms. The number of rotatable bonds is 4. The number of hydrogen-bond acceptors (Lipinski definition) is 2. The van der Waals surface area contributed by atoms with Crippen LogP contribution in [0.1, 0.15) is 31.7 Å². The second kappa shape index (κ2) is 5.40. The van der Waals surface area contributed by atoms with Crippen molar-refractivity contribution in [1.82, 2.24) is 5.32 Å². The number of halogens is 1. The van der Waals surface area contributed by atoms with Crippen LogP contribution in [0.15, 0.2) is 24.3 Å². The van der Waals surface area contributed by atoms with Gasteiger partial charge in [0, 0.05) is 6.04 Å². The standard InChI is InChI=1S/C15H17FN2O/c1-11(9-12-3-5-13(16)6-4-12)18-14(19)15(10-17)7-2-8-15/h3-6,11H,2,7-9H2,1H3,(H,18,19). The molecule has 0 radical (unpaired) electrons. The summed E-state index contributed by atoms with van der Waals surface area (Å²) in [6.45, 7) is 1.89. The Labute approximate surface area is 112 Å². The number of amides is 1. The van der Waals surface area contributed by atoms with Crippen LogP contribution in [0.2, 0.25) is 0 Å². The van der Waals surface area contributed by atoms with Crippen LogP contribution in [0.3, 0.4) is 0 Å². The molecule has 0 spiro atoms. The van der Waals surface area contributed by atoms with Crippen LogP contribution in [-0.2, 0) is 11.2 Å². The second-order valence-corrected chi connectivity index (χ2v) is 5.25. The highest BCUT2D eigenvalue weighted by Crippen LogP contribution is 2.40. The van der Waals surface area contributed by atoms with Gasteiger partial charge in [0.15, 0.2) is 0 Å². The molecular weight excluding hydrogens is 243 g/mol. The molecule has 0 heterocycles. The summed E-state index contributed by atoms with van der Waals surface area (Å²) in [6.07, 6.45) is 2.87. The number of hydrogen-bond donors (Lipinski definition) is 1. The highest BCUT2D eigenvalue weighted by atomic mass is 19.1. The van der Waals surface area contributed by atoms with E-state index in [2.05, 4.69) is 11.4 Å². The molecule has 0 saturated heterocycles. The normalized spacial score (nSPS) is 17.9. The Morgan fingerprint density at radius 2 is 2.11 bits per heavy atom. The average molecular weight is 260 g/mol.